The quantitative estimate of drug-likeness (QED) is 0.263. The van der Waals surface area contributed by atoms with E-state index in [1.165, 1.54) is 31.3 Å². The molecule has 2 aromatic rings. The van der Waals surface area contributed by atoms with Crippen molar-refractivity contribution in [2.75, 3.05) is 6.61 Å². The highest BCUT2D eigenvalue weighted by atomic mass is 16.6. The Bertz CT molecular complexity index is 894. The summed E-state index contributed by atoms with van der Waals surface area (Å²) in [5, 5.41) is 14.6. The number of ether oxygens (including phenoxy) is 2. The van der Waals surface area contributed by atoms with Gasteiger partial charge in [0.05, 0.1) is 17.7 Å². The van der Waals surface area contributed by atoms with Crippen molar-refractivity contribution in [3.63, 3.8) is 0 Å². The Morgan fingerprint density at radius 1 is 1.22 bits per heavy atom. The van der Waals surface area contributed by atoms with Crippen molar-refractivity contribution in [1.29, 1.82) is 0 Å². The molecule has 2 aromatic carbocycles. The molecule has 0 aliphatic rings. The second-order valence-corrected chi connectivity index (χ2v) is 5.24. The molecule has 1 N–H and O–H groups in total. The SMILES string of the molecule is CCOc1cc(/C=N\NC(=O)c2cccc([N+](=O)[O-])c2)ccc1OC(C)=O. The van der Waals surface area contributed by atoms with E-state index in [1.807, 2.05) is 0 Å². The highest BCUT2D eigenvalue weighted by molar-refractivity contribution is 5.95. The minimum atomic E-state index is -0.587. The van der Waals surface area contributed by atoms with Gasteiger partial charge in [0.15, 0.2) is 11.5 Å². The lowest BCUT2D eigenvalue weighted by molar-refractivity contribution is -0.384. The number of rotatable bonds is 7. The van der Waals surface area contributed by atoms with Gasteiger partial charge in [-0.1, -0.05) is 6.07 Å². The lowest BCUT2D eigenvalue weighted by atomic mass is 10.2. The normalized spacial score (nSPS) is 10.4. The number of nitro groups is 1. The molecule has 0 radical (unpaired) electrons. The highest BCUT2D eigenvalue weighted by Gasteiger charge is 2.11. The predicted octanol–water partition coefficient (Wildman–Crippen LogP) is 2.68. The van der Waals surface area contributed by atoms with Crippen LogP contribution in [0.2, 0.25) is 0 Å². The van der Waals surface area contributed by atoms with Gasteiger partial charge in [-0.2, -0.15) is 5.10 Å². The van der Waals surface area contributed by atoms with Crippen molar-refractivity contribution in [3.8, 4) is 11.5 Å². The Morgan fingerprint density at radius 3 is 2.67 bits per heavy atom. The summed E-state index contributed by atoms with van der Waals surface area (Å²) in [6.07, 6.45) is 1.37. The van der Waals surface area contributed by atoms with Crippen LogP contribution in [0.3, 0.4) is 0 Å². The number of hydrazone groups is 1. The van der Waals surface area contributed by atoms with E-state index in [2.05, 4.69) is 10.5 Å². The molecular formula is C18H17N3O6. The first-order valence-corrected chi connectivity index (χ1v) is 7.94. The largest absolute Gasteiger partial charge is 0.490 e. The van der Waals surface area contributed by atoms with Gasteiger partial charge in [0, 0.05) is 24.6 Å². The maximum Gasteiger partial charge on any atom is 0.308 e. The van der Waals surface area contributed by atoms with Gasteiger partial charge >= 0.3 is 5.97 Å². The van der Waals surface area contributed by atoms with Crippen LogP contribution < -0.4 is 14.9 Å². The molecule has 0 aromatic heterocycles. The molecule has 9 nitrogen and oxygen atoms in total. The maximum absolute atomic E-state index is 12.0. The number of nitro benzene ring substituents is 1. The molecule has 0 fully saturated rings. The molecule has 0 atom stereocenters. The average molecular weight is 371 g/mol. The van der Waals surface area contributed by atoms with Crippen LogP contribution in [-0.2, 0) is 4.79 Å². The number of hydrogen-bond donors (Lipinski definition) is 1. The average Bonchev–Trinajstić information content (AvgIpc) is 2.63. The molecule has 0 bridgehead atoms. The number of non-ortho nitro benzene ring substituents is 1. The third kappa shape index (κ3) is 5.63. The first kappa shape index (κ1) is 19.6. The summed E-state index contributed by atoms with van der Waals surface area (Å²) in [7, 11) is 0. The predicted molar refractivity (Wildman–Crippen MR) is 97.1 cm³/mol. The van der Waals surface area contributed by atoms with Gasteiger partial charge in [-0.15, -0.1) is 0 Å². The monoisotopic (exact) mass is 371 g/mol. The summed E-state index contributed by atoms with van der Waals surface area (Å²) in [5.74, 6) is -0.415. The van der Waals surface area contributed by atoms with E-state index >= 15 is 0 Å². The molecule has 9 heteroatoms. The minimum absolute atomic E-state index is 0.113. The van der Waals surface area contributed by atoms with Crippen LogP contribution in [0.4, 0.5) is 5.69 Å². The standard InChI is InChI=1S/C18H17N3O6/c1-3-26-17-9-13(7-8-16(17)27-12(2)22)11-19-20-18(23)14-5-4-6-15(10-14)21(24)25/h4-11H,3H2,1-2H3,(H,20,23)/b19-11-. The van der Waals surface area contributed by atoms with Gasteiger partial charge in [-0.25, -0.2) is 5.43 Å². The molecule has 0 aliphatic carbocycles. The Hall–Kier alpha value is -3.75. The first-order chi connectivity index (χ1) is 12.9. The van der Waals surface area contributed by atoms with Crippen LogP contribution in [0.1, 0.15) is 29.8 Å². The van der Waals surface area contributed by atoms with Crippen LogP contribution in [-0.4, -0.2) is 29.6 Å². The van der Waals surface area contributed by atoms with Crippen LogP contribution in [0.5, 0.6) is 11.5 Å². The second kappa shape index (κ2) is 9.09. The number of nitrogens with zero attached hydrogens (tertiary/aromatic N) is 2. The molecule has 0 unspecified atom stereocenters. The Labute approximate surface area is 154 Å². The third-order valence-electron chi connectivity index (χ3n) is 3.22. The van der Waals surface area contributed by atoms with Gasteiger partial charge in [0.2, 0.25) is 0 Å². The van der Waals surface area contributed by atoms with Crippen molar-refractivity contribution < 1.29 is 24.0 Å². The molecule has 140 valence electrons. The van der Waals surface area contributed by atoms with Crippen LogP contribution in [0.15, 0.2) is 47.6 Å². The Morgan fingerprint density at radius 2 is 2.00 bits per heavy atom. The smallest absolute Gasteiger partial charge is 0.308 e. The van der Waals surface area contributed by atoms with Gasteiger partial charge in [-0.3, -0.25) is 19.7 Å². The molecule has 0 saturated carbocycles. The summed E-state index contributed by atoms with van der Waals surface area (Å²) >= 11 is 0. The van der Waals surface area contributed by atoms with Crippen molar-refractivity contribution in [3.05, 3.63) is 63.7 Å². The van der Waals surface area contributed by atoms with E-state index in [9.17, 15) is 19.7 Å². The van der Waals surface area contributed by atoms with Crippen LogP contribution in [0, 0.1) is 10.1 Å². The molecule has 0 saturated heterocycles. The van der Waals surface area contributed by atoms with Crippen LogP contribution in [0.25, 0.3) is 0 Å². The van der Waals surface area contributed by atoms with E-state index in [0.29, 0.717) is 17.9 Å². The third-order valence-corrected chi connectivity index (χ3v) is 3.22. The van der Waals surface area contributed by atoms with Crippen molar-refractivity contribution >= 4 is 23.8 Å². The number of carbonyl (C=O) groups excluding carboxylic acids is 2. The molecule has 0 spiro atoms. The number of carbonyl (C=O) groups is 2. The first-order valence-electron chi connectivity index (χ1n) is 7.94. The van der Waals surface area contributed by atoms with Crippen molar-refractivity contribution in [2.24, 2.45) is 5.10 Å². The van der Waals surface area contributed by atoms with Gasteiger partial charge < -0.3 is 9.47 Å². The fraction of sp³-hybridized carbons (Fsp3) is 0.167. The number of benzene rings is 2. The Kier molecular flexibility index (Phi) is 6.59. The van der Waals surface area contributed by atoms with Gasteiger partial charge in [0.1, 0.15) is 0 Å². The van der Waals surface area contributed by atoms with E-state index in [4.69, 9.17) is 9.47 Å². The summed E-state index contributed by atoms with van der Waals surface area (Å²) in [6.45, 7) is 3.45. The van der Waals surface area contributed by atoms with E-state index < -0.39 is 16.8 Å². The van der Waals surface area contributed by atoms with Crippen molar-refractivity contribution in [2.45, 2.75) is 13.8 Å². The molecule has 2 rings (SSSR count). The molecule has 27 heavy (non-hydrogen) atoms. The number of hydrogen-bond acceptors (Lipinski definition) is 7. The zero-order chi connectivity index (χ0) is 19.8. The highest BCUT2D eigenvalue weighted by Crippen LogP contribution is 2.28. The van der Waals surface area contributed by atoms with Gasteiger partial charge in [0.25, 0.3) is 11.6 Å². The molecule has 0 aliphatic heterocycles. The topological polar surface area (TPSA) is 120 Å². The second-order valence-electron chi connectivity index (χ2n) is 5.24. The van der Waals surface area contributed by atoms with E-state index in [0.717, 1.165) is 6.07 Å². The summed E-state index contributed by atoms with van der Waals surface area (Å²) in [5.41, 5.74) is 2.81. The fourth-order valence-electron chi connectivity index (χ4n) is 2.10. The fourth-order valence-corrected chi connectivity index (χ4v) is 2.10. The zero-order valence-electron chi connectivity index (χ0n) is 14.7. The Balaban J connectivity index is 2.10. The zero-order valence-corrected chi connectivity index (χ0v) is 14.7. The lowest BCUT2D eigenvalue weighted by Gasteiger charge is -2.10. The lowest BCUT2D eigenvalue weighted by Crippen LogP contribution is -2.17. The summed E-state index contributed by atoms with van der Waals surface area (Å²) in [6, 6.07) is 10.1. The number of amides is 1. The number of esters is 1. The summed E-state index contributed by atoms with van der Waals surface area (Å²) in [4.78, 5) is 33.3. The molecule has 1 amide bonds. The van der Waals surface area contributed by atoms with E-state index in [1.54, 1.807) is 25.1 Å². The van der Waals surface area contributed by atoms with E-state index in [-0.39, 0.29) is 17.0 Å². The van der Waals surface area contributed by atoms with Gasteiger partial charge in [-0.05, 0) is 36.8 Å². The minimum Gasteiger partial charge on any atom is -0.490 e. The molecular weight excluding hydrogens is 354 g/mol. The number of nitrogens with one attached hydrogen (secondary N) is 1. The van der Waals surface area contributed by atoms with Crippen molar-refractivity contribution in [1.82, 2.24) is 5.43 Å². The maximum atomic E-state index is 12.0. The van der Waals surface area contributed by atoms with Crippen LogP contribution >= 0.6 is 0 Å². The molecule has 0 heterocycles. The summed E-state index contributed by atoms with van der Waals surface area (Å²) < 4.78 is 10.5.